The summed E-state index contributed by atoms with van der Waals surface area (Å²) in [6.07, 6.45) is 0.520. The zero-order valence-corrected chi connectivity index (χ0v) is 13.5. The van der Waals surface area contributed by atoms with Crippen LogP contribution in [-0.4, -0.2) is 17.4 Å². The van der Waals surface area contributed by atoms with E-state index in [0.29, 0.717) is 6.42 Å². The lowest BCUT2D eigenvalue weighted by atomic mass is 9.82. The molecule has 0 saturated heterocycles. The number of halogens is 1. The Balaban J connectivity index is 2.76. The summed E-state index contributed by atoms with van der Waals surface area (Å²) in [5, 5.41) is 3.08. The smallest absolute Gasteiger partial charge is 0.221 e. The number of carbonyl (C=O) groups is 1. The van der Waals surface area contributed by atoms with Crippen LogP contribution in [0.1, 0.15) is 45.7 Å². The van der Waals surface area contributed by atoms with Crippen LogP contribution in [-0.2, 0) is 4.79 Å². The summed E-state index contributed by atoms with van der Waals surface area (Å²) in [5.74, 6) is 1.65. The number of benzene rings is 1. The highest BCUT2D eigenvalue weighted by atomic mass is 32.2. The first-order valence-corrected chi connectivity index (χ1v) is 8.12. The summed E-state index contributed by atoms with van der Waals surface area (Å²) >= 11 is 1.76. The van der Waals surface area contributed by atoms with E-state index in [9.17, 15) is 9.18 Å². The molecule has 1 aromatic carbocycles. The minimum Gasteiger partial charge on any atom is -0.349 e. The Morgan fingerprint density at radius 3 is 2.40 bits per heavy atom. The van der Waals surface area contributed by atoms with Gasteiger partial charge in [-0.05, 0) is 28.9 Å². The van der Waals surface area contributed by atoms with Crippen LogP contribution < -0.4 is 5.32 Å². The van der Waals surface area contributed by atoms with Gasteiger partial charge in [0.05, 0.1) is 6.04 Å². The van der Waals surface area contributed by atoms with Gasteiger partial charge in [-0.15, -0.1) is 0 Å². The highest BCUT2D eigenvalue weighted by Gasteiger charge is 2.27. The molecule has 0 spiro atoms. The second-order valence-corrected chi connectivity index (χ2v) is 7.26. The fraction of sp³-hybridized carbons (Fsp3) is 0.562. The van der Waals surface area contributed by atoms with Crippen LogP contribution in [0.2, 0.25) is 0 Å². The van der Waals surface area contributed by atoms with Gasteiger partial charge in [-0.3, -0.25) is 4.79 Å². The van der Waals surface area contributed by atoms with Gasteiger partial charge >= 0.3 is 0 Å². The van der Waals surface area contributed by atoms with Crippen LogP contribution in [0, 0.1) is 11.2 Å². The van der Waals surface area contributed by atoms with Crippen molar-refractivity contribution in [2.24, 2.45) is 5.41 Å². The van der Waals surface area contributed by atoms with Crippen LogP contribution in [0.5, 0.6) is 0 Å². The molecule has 0 aliphatic heterocycles. The molecule has 1 rings (SSSR count). The summed E-state index contributed by atoms with van der Waals surface area (Å²) in [4.78, 5) is 12.0. The van der Waals surface area contributed by atoms with E-state index in [1.54, 1.807) is 23.9 Å². The van der Waals surface area contributed by atoms with Gasteiger partial charge in [-0.1, -0.05) is 39.8 Å². The van der Waals surface area contributed by atoms with E-state index in [1.807, 2.05) is 0 Å². The molecule has 1 unspecified atom stereocenters. The summed E-state index contributed by atoms with van der Waals surface area (Å²) in [7, 11) is 0. The number of thioether (sulfide) groups is 1. The Bertz CT molecular complexity index is 425. The molecule has 0 heterocycles. The minimum atomic E-state index is -0.257. The molecule has 0 saturated carbocycles. The van der Waals surface area contributed by atoms with Crippen molar-refractivity contribution in [2.45, 2.75) is 40.2 Å². The molecular weight excluding hydrogens is 273 g/mol. The molecule has 2 nitrogen and oxygen atoms in total. The van der Waals surface area contributed by atoms with Crippen molar-refractivity contribution in [3.63, 3.8) is 0 Å². The second kappa shape index (κ2) is 7.67. The van der Waals surface area contributed by atoms with E-state index in [2.05, 4.69) is 33.0 Å². The summed E-state index contributed by atoms with van der Waals surface area (Å²) < 4.78 is 13.0. The normalized spacial score (nSPS) is 13.1. The summed E-state index contributed by atoms with van der Waals surface area (Å²) in [6.45, 7) is 8.30. The van der Waals surface area contributed by atoms with Crippen molar-refractivity contribution in [2.75, 3.05) is 11.5 Å². The molecule has 1 aromatic rings. The molecular formula is C16H24FNOS. The van der Waals surface area contributed by atoms with Gasteiger partial charge in [0.25, 0.3) is 0 Å². The van der Waals surface area contributed by atoms with Gasteiger partial charge in [-0.2, -0.15) is 11.8 Å². The maximum Gasteiger partial charge on any atom is 0.221 e. The Morgan fingerprint density at radius 1 is 1.30 bits per heavy atom. The summed E-state index contributed by atoms with van der Waals surface area (Å²) in [6, 6.07) is 6.25. The number of hydrogen-bond acceptors (Lipinski definition) is 2. The lowest BCUT2D eigenvalue weighted by Crippen LogP contribution is -2.36. The Morgan fingerprint density at radius 2 is 1.90 bits per heavy atom. The highest BCUT2D eigenvalue weighted by Crippen LogP contribution is 2.32. The Hall–Kier alpha value is -1.03. The van der Waals surface area contributed by atoms with E-state index in [0.717, 1.165) is 17.1 Å². The highest BCUT2D eigenvalue weighted by molar-refractivity contribution is 7.99. The first-order valence-electron chi connectivity index (χ1n) is 6.97. The van der Waals surface area contributed by atoms with Crippen molar-refractivity contribution < 1.29 is 9.18 Å². The Kier molecular flexibility index (Phi) is 6.53. The molecule has 0 fully saturated rings. The third kappa shape index (κ3) is 5.53. The Labute approximate surface area is 125 Å². The van der Waals surface area contributed by atoms with Crippen molar-refractivity contribution in [1.29, 1.82) is 0 Å². The van der Waals surface area contributed by atoms with Crippen molar-refractivity contribution in [3.05, 3.63) is 35.6 Å². The quantitative estimate of drug-likeness (QED) is 0.798. The maximum atomic E-state index is 13.0. The fourth-order valence-corrected chi connectivity index (χ4v) is 2.62. The molecule has 1 atom stereocenters. The van der Waals surface area contributed by atoms with Crippen LogP contribution in [0.25, 0.3) is 0 Å². The van der Waals surface area contributed by atoms with Crippen LogP contribution in [0.15, 0.2) is 24.3 Å². The van der Waals surface area contributed by atoms with E-state index < -0.39 is 0 Å². The van der Waals surface area contributed by atoms with Crippen LogP contribution >= 0.6 is 11.8 Å². The summed E-state index contributed by atoms with van der Waals surface area (Å²) in [5.41, 5.74) is 0.821. The molecule has 0 aromatic heterocycles. The minimum absolute atomic E-state index is 0.0511. The number of hydrogen-bond donors (Lipinski definition) is 1. The number of rotatable bonds is 6. The topological polar surface area (TPSA) is 29.1 Å². The lowest BCUT2D eigenvalue weighted by Gasteiger charge is -2.32. The predicted molar refractivity (Wildman–Crippen MR) is 84.4 cm³/mol. The standard InChI is InChI=1S/C16H24FNOS/c1-5-20-11-10-14(19)18-15(16(2,3)4)12-6-8-13(17)9-7-12/h6-9,15H,5,10-11H2,1-4H3,(H,18,19). The molecule has 0 aliphatic rings. The van der Waals surface area contributed by atoms with E-state index >= 15 is 0 Å². The SMILES string of the molecule is CCSCCC(=O)NC(c1ccc(F)cc1)C(C)(C)C. The molecule has 0 radical (unpaired) electrons. The van der Waals surface area contributed by atoms with Gasteiger partial charge in [0.2, 0.25) is 5.91 Å². The lowest BCUT2D eigenvalue weighted by molar-refractivity contribution is -0.122. The third-order valence-electron chi connectivity index (χ3n) is 3.05. The number of amides is 1. The molecule has 112 valence electrons. The van der Waals surface area contributed by atoms with Crippen LogP contribution in [0.3, 0.4) is 0 Å². The number of nitrogens with one attached hydrogen (secondary N) is 1. The molecule has 4 heteroatoms. The molecule has 20 heavy (non-hydrogen) atoms. The van der Waals surface area contributed by atoms with Gasteiger partial charge in [0.1, 0.15) is 5.82 Å². The van der Waals surface area contributed by atoms with Gasteiger partial charge < -0.3 is 5.32 Å². The third-order valence-corrected chi connectivity index (χ3v) is 3.95. The largest absolute Gasteiger partial charge is 0.349 e. The van der Waals surface area contributed by atoms with Crippen molar-refractivity contribution in [1.82, 2.24) is 5.32 Å². The number of carbonyl (C=O) groups excluding carboxylic acids is 1. The van der Waals surface area contributed by atoms with E-state index in [1.165, 1.54) is 12.1 Å². The monoisotopic (exact) mass is 297 g/mol. The zero-order chi connectivity index (χ0) is 15.2. The molecule has 0 bridgehead atoms. The second-order valence-electron chi connectivity index (χ2n) is 5.87. The average Bonchev–Trinajstić information content (AvgIpc) is 2.36. The maximum absolute atomic E-state index is 13.0. The molecule has 1 N–H and O–H groups in total. The average molecular weight is 297 g/mol. The van der Waals surface area contributed by atoms with Gasteiger partial charge in [0, 0.05) is 12.2 Å². The first-order chi connectivity index (χ1) is 9.34. The predicted octanol–water partition coefficient (Wildman–Crippen LogP) is 4.17. The molecule has 0 aliphatic carbocycles. The van der Waals surface area contributed by atoms with E-state index in [4.69, 9.17) is 0 Å². The fourth-order valence-electron chi connectivity index (χ4n) is 2.00. The molecule has 1 amide bonds. The van der Waals surface area contributed by atoms with Crippen molar-refractivity contribution in [3.8, 4) is 0 Å². The van der Waals surface area contributed by atoms with Gasteiger partial charge in [0.15, 0.2) is 0 Å². The van der Waals surface area contributed by atoms with Crippen molar-refractivity contribution >= 4 is 17.7 Å². The first kappa shape index (κ1) is 17.0. The van der Waals surface area contributed by atoms with E-state index in [-0.39, 0.29) is 23.2 Å². The van der Waals surface area contributed by atoms with Crippen LogP contribution in [0.4, 0.5) is 4.39 Å². The zero-order valence-electron chi connectivity index (χ0n) is 12.7. The van der Waals surface area contributed by atoms with Gasteiger partial charge in [-0.25, -0.2) is 4.39 Å².